The van der Waals surface area contributed by atoms with E-state index in [1.54, 1.807) is 18.2 Å². The Kier molecular flexibility index (Phi) is 6.42. The standard InChI is InChI=1S/C20H17ClF3N3O2S/c1-11-6-7-14(9-15(11)21)25-18(29)16-10-17(28)27(2)19(30-16)26-13-5-3-4-12(8-13)20(22,23)24/h3-9,16H,10H2,1-2H3,(H,25,29)/t16-/m1/s1. The molecule has 2 aromatic carbocycles. The number of aryl methyl sites for hydroxylation is 1. The van der Waals surface area contributed by atoms with Crippen LogP contribution in [0.15, 0.2) is 47.5 Å². The number of thioether (sulfide) groups is 1. The number of carbonyl (C=O) groups is 2. The lowest BCUT2D eigenvalue weighted by Crippen LogP contribution is -2.43. The van der Waals surface area contributed by atoms with E-state index in [1.807, 2.05) is 6.92 Å². The van der Waals surface area contributed by atoms with Crippen molar-refractivity contribution in [3.8, 4) is 0 Å². The first-order valence-electron chi connectivity index (χ1n) is 8.81. The first-order valence-corrected chi connectivity index (χ1v) is 10.1. The fourth-order valence-corrected chi connectivity index (χ4v) is 3.90. The van der Waals surface area contributed by atoms with Crippen LogP contribution in [0.5, 0.6) is 0 Å². The zero-order chi connectivity index (χ0) is 22.1. The first kappa shape index (κ1) is 22.2. The van der Waals surface area contributed by atoms with Crippen molar-refractivity contribution in [2.45, 2.75) is 24.8 Å². The minimum absolute atomic E-state index is 0.0401. The van der Waals surface area contributed by atoms with E-state index in [1.165, 1.54) is 24.1 Å². The van der Waals surface area contributed by atoms with Crippen molar-refractivity contribution >= 4 is 51.7 Å². The van der Waals surface area contributed by atoms with Gasteiger partial charge in [0.05, 0.1) is 11.3 Å². The van der Waals surface area contributed by atoms with Crippen molar-refractivity contribution in [3.63, 3.8) is 0 Å². The molecule has 10 heteroatoms. The molecule has 1 N–H and O–H groups in total. The predicted octanol–water partition coefficient (Wildman–Crippen LogP) is 5.26. The van der Waals surface area contributed by atoms with Crippen molar-refractivity contribution < 1.29 is 22.8 Å². The summed E-state index contributed by atoms with van der Waals surface area (Å²) >= 11 is 7.08. The summed E-state index contributed by atoms with van der Waals surface area (Å²) in [6.07, 6.45) is -4.57. The maximum absolute atomic E-state index is 12.9. The summed E-state index contributed by atoms with van der Waals surface area (Å²) in [7, 11) is 1.47. The number of rotatable bonds is 3. The molecule has 1 aliphatic rings. The fourth-order valence-electron chi connectivity index (χ4n) is 2.65. The monoisotopic (exact) mass is 455 g/mol. The Morgan fingerprint density at radius 3 is 2.67 bits per heavy atom. The lowest BCUT2D eigenvalue weighted by Gasteiger charge is -2.28. The van der Waals surface area contributed by atoms with E-state index in [0.29, 0.717) is 10.7 Å². The predicted molar refractivity (Wildman–Crippen MR) is 112 cm³/mol. The number of amidine groups is 1. The number of aliphatic imine (C=N–C) groups is 1. The summed E-state index contributed by atoms with van der Waals surface area (Å²) < 4.78 is 38.8. The zero-order valence-electron chi connectivity index (χ0n) is 16.0. The van der Waals surface area contributed by atoms with Gasteiger partial charge in [-0.1, -0.05) is 35.5 Å². The van der Waals surface area contributed by atoms with Gasteiger partial charge in [0.1, 0.15) is 5.25 Å². The Morgan fingerprint density at radius 2 is 2.00 bits per heavy atom. The molecule has 0 saturated carbocycles. The van der Waals surface area contributed by atoms with Crippen molar-refractivity contribution in [2.75, 3.05) is 12.4 Å². The van der Waals surface area contributed by atoms with E-state index in [-0.39, 0.29) is 23.2 Å². The summed E-state index contributed by atoms with van der Waals surface area (Å²) in [5, 5.41) is 2.57. The molecular weight excluding hydrogens is 439 g/mol. The van der Waals surface area contributed by atoms with Crippen LogP contribution in [-0.4, -0.2) is 34.2 Å². The second kappa shape index (κ2) is 8.69. The van der Waals surface area contributed by atoms with Gasteiger partial charge < -0.3 is 5.32 Å². The number of benzene rings is 2. The molecule has 158 valence electrons. The van der Waals surface area contributed by atoms with Crippen LogP contribution in [0.3, 0.4) is 0 Å². The lowest BCUT2D eigenvalue weighted by molar-refractivity contribution is -0.137. The summed E-state index contributed by atoms with van der Waals surface area (Å²) in [6, 6.07) is 9.53. The average molecular weight is 456 g/mol. The van der Waals surface area contributed by atoms with E-state index in [0.717, 1.165) is 29.5 Å². The lowest BCUT2D eigenvalue weighted by atomic mass is 10.2. The molecule has 0 unspecified atom stereocenters. The van der Waals surface area contributed by atoms with Crippen LogP contribution in [-0.2, 0) is 15.8 Å². The van der Waals surface area contributed by atoms with Crippen LogP contribution in [0, 0.1) is 6.92 Å². The van der Waals surface area contributed by atoms with E-state index in [2.05, 4.69) is 10.3 Å². The first-order chi connectivity index (χ1) is 14.0. The number of amides is 2. The van der Waals surface area contributed by atoms with Gasteiger partial charge in [0.2, 0.25) is 11.8 Å². The summed E-state index contributed by atoms with van der Waals surface area (Å²) in [4.78, 5) is 30.4. The van der Waals surface area contributed by atoms with E-state index < -0.39 is 22.9 Å². The van der Waals surface area contributed by atoms with Gasteiger partial charge in [-0.3, -0.25) is 14.5 Å². The quantitative estimate of drug-likeness (QED) is 0.687. The molecule has 1 fully saturated rings. The molecule has 0 radical (unpaired) electrons. The maximum atomic E-state index is 12.9. The van der Waals surface area contributed by atoms with Crippen molar-refractivity contribution in [1.82, 2.24) is 4.90 Å². The highest BCUT2D eigenvalue weighted by molar-refractivity contribution is 8.15. The van der Waals surface area contributed by atoms with Crippen molar-refractivity contribution in [1.29, 1.82) is 0 Å². The highest BCUT2D eigenvalue weighted by Crippen LogP contribution is 2.33. The van der Waals surface area contributed by atoms with Gasteiger partial charge in [0, 0.05) is 24.2 Å². The SMILES string of the molecule is Cc1ccc(NC(=O)[C@H]2CC(=O)N(C)C(=Nc3cccc(C(F)(F)F)c3)S2)cc1Cl. The molecule has 3 rings (SSSR count). The molecule has 30 heavy (non-hydrogen) atoms. The van der Waals surface area contributed by atoms with Gasteiger partial charge in [0.25, 0.3) is 0 Å². The highest BCUT2D eigenvalue weighted by Gasteiger charge is 2.34. The zero-order valence-corrected chi connectivity index (χ0v) is 17.5. The molecule has 0 aliphatic carbocycles. The van der Waals surface area contributed by atoms with E-state index in [4.69, 9.17) is 11.6 Å². The number of hydrogen-bond acceptors (Lipinski definition) is 4. The number of nitrogens with one attached hydrogen (secondary N) is 1. The van der Waals surface area contributed by atoms with Gasteiger partial charge >= 0.3 is 6.18 Å². The number of anilines is 1. The number of nitrogens with zero attached hydrogens (tertiary/aromatic N) is 2. The molecule has 1 aliphatic heterocycles. The minimum atomic E-state index is -4.50. The molecule has 2 amide bonds. The van der Waals surface area contributed by atoms with E-state index >= 15 is 0 Å². The maximum Gasteiger partial charge on any atom is 0.416 e. The van der Waals surface area contributed by atoms with Crippen LogP contribution in [0.25, 0.3) is 0 Å². The molecule has 1 atom stereocenters. The van der Waals surface area contributed by atoms with Crippen LogP contribution < -0.4 is 5.32 Å². The summed E-state index contributed by atoms with van der Waals surface area (Å²) in [6.45, 7) is 1.83. The van der Waals surface area contributed by atoms with Crippen molar-refractivity contribution in [3.05, 3.63) is 58.6 Å². The van der Waals surface area contributed by atoms with Gasteiger partial charge in [-0.05, 0) is 42.8 Å². The Hall–Kier alpha value is -2.52. The number of hydrogen-bond donors (Lipinski definition) is 1. The van der Waals surface area contributed by atoms with Crippen LogP contribution >= 0.6 is 23.4 Å². The van der Waals surface area contributed by atoms with Crippen LogP contribution in [0.1, 0.15) is 17.5 Å². The third kappa shape index (κ3) is 5.14. The largest absolute Gasteiger partial charge is 0.416 e. The Morgan fingerprint density at radius 1 is 1.27 bits per heavy atom. The molecule has 0 spiro atoms. The average Bonchev–Trinajstić information content (AvgIpc) is 2.67. The molecular formula is C20H17ClF3N3O2S. The fraction of sp³-hybridized carbons (Fsp3) is 0.250. The van der Waals surface area contributed by atoms with Crippen LogP contribution in [0.2, 0.25) is 5.02 Å². The Bertz CT molecular complexity index is 1030. The highest BCUT2D eigenvalue weighted by atomic mass is 35.5. The molecule has 2 aromatic rings. The van der Waals surface area contributed by atoms with Gasteiger partial charge in [-0.2, -0.15) is 13.2 Å². The molecule has 1 saturated heterocycles. The molecule has 0 aromatic heterocycles. The van der Waals surface area contributed by atoms with Gasteiger partial charge in [-0.25, -0.2) is 4.99 Å². The number of carbonyl (C=O) groups excluding carboxylic acids is 2. The summed E-state index contributed by atoms with van der Waals surface area (Å²) in [5.74, 6) is -0.778. The van der Waals surface area contributed by atoms with Gasteiger partial charge in [-0.15, -0.1) is 0 Å². The minimum Gasteiger partial charge on any atom is -0.325 e. The van der Waals surface area contributed by atoms with Crippen molar-refractivity contribution in [2.24, 2.45) is 4.99 Å². The second-order valence-corrected chi connectivity index (χ2v) is 8.24. The van der Waals surface area contributed by atoms with E-state index in [9.17, 15) is 22.8 Å². The second-order valence-electron chi connectivity index (χ2n) is 6.66. The topological polar surface area (TPSA) is 61.8 Å². The molecule has 1 heterocycles. The third-order valence-electron chi connectivity index (χ3n) is 4.40. The molecule has 5 nitrogen and oxygen atoms in total. The Balaban J connectivity index is 1.81. The number of alkyl halides is 3. The molecule has 0 bridgehead atoms. The summed E-state index contributed by atoms with van der Waals surface area (Å²) in [5.41, 5.74) is 0.538. The van der Waals surface area contributed by atoms with Gasteiger partial charge in [0.15, 0.2) is 5.17 Å². The van der Waals surface area contributed by atoms with Crippen LogP contribution in [0.4, 0.5) is 24.5 Å². The third-order valence-corrected chi connectivity index (χ3v) is 6.05. The Labute approximate surface area is 180 Å². The smallest absolute Gasteiger partial charge is 0.325 e. The number of halogens is 4. The normalized spacial score (nSPS) is 18.6.